The van der Waals surface area contributed by atoms with Crippen molar-refractivity contribution in [2.24, 2.45) is 16.0 Å². The summed E-state index contributed by atoms with van der Waals surface area (Å²) in [7, 11) is 0. The third-order valence-electron chi connectivity index (χ3n) is 6.40. The third-order valence-corrected chi connectivity index (χ3v) is 6.40. The van der Waals surface area contributed by atoms with Crippen LogP contribution >= 0.6 is 0 Å². The Bertz CT molecular complexity index is 1160. The molecule has 0 radical (unpaired) electrons. The van der Waals surface area contributed by atoms with Crippen molar-refractivity contribution in [2.45, 2.75) is 87.0 Å². The number of unbranched alkanes of at least 4 members (excludes halogenated alkanes) is 1. The Morgan fingerprint density at radius 2 is 1.79 bits per heavy atom. The number of aromatic nitrogens is 2. The van der Waals surface area contributed by atoms with E-state index >= 15 is 0 Å². The van der Waals surface area contributed by atoms with Crippen molar-refractivity contribution in [3.8, 4) is 0 Å². The number of hydrogen-bond acceptors (Lipinski definition) is 5. The predicted molar refractivity (Wildman–Crippen MR) is 144 cm³/mol. The first kappa shape index (κ1) is 25.9. The molecule has 3 rings (SSSR count). The van der Waals surface area contributed by atoms with Crippen molar-refractivity contribution >= 4 is 22.8 Å². The molecule has 184 valence electrons. The quantitative estimate of drug-likeness (QED) is 0.480. The SMILES string of the molecule is CCCCc1c(C(C)(C)C)nc2n(c1=O)N=C(C(C)C)C2=Nc1ccc(N(CC)CC)cc1C. The zero-order chi connectivity index (χ0) is 25.2. The highest BCUT2D eigenvalue weighted by Crippen LogP contribution is 2.29. The van der Waals surface area contributed by atoms with E-state index in [0.29, 0.717) is 11.5 Å². The maximum atomic E-state index is 13.6. The molecule has 0 N–H and O–H groups in total. The molecule has 1 aromatic heterocycles. The maximum Gasteiger partial charge on any atom is 0.278 e. The van der Waals surface area contributed by atoms with E-state index in [1.807, 2.05) is 0 Å². The van der Waals surface area contributed by atoms with E-state index in [-0.39, 0.29) is 16.9 Å². The molecule has 1 aliphatic rings. The van der Waals surface area contributed by atoms with Crippen molar-refractivity contribution in [2.75, 3.05) is 18.0 Å². The second-order valence-corrected chi connectivity index (χ2v) is 10.5. The minimum atomic E-state index is -0.245. The second kappa shape index (κ2) is 10.2. The fourth-order valence-electron chi connectivity index (χ4n) is 4.43. The number of rotatable bonds is 8. The topological polar surface area (TPSA) is 62.9 Å². The lowest BCUT2D eigenvalue weighted by molar-refractivity contribution is 0.544. The molecule has 6 heteroatoms. The van der Waals surface area contributed by atoms with Gasteiger partial charge in [0.25, 0.3) is 5.56 Å². The van der Waals surface area contributed by atoms with Gasteiger partial charge < -0.3 is 4.90 Å². The maximum absolute atomic E-state index is 13.6. The fraction of sp³-hybridized carbons (Fsp3) is 0.571. The van der Waals surface area contributed by atoms with Crippen molar-refractivity contribution in [1.29, 1.82) is 0 Å². The molecule has 2 heterocycles. The van der Waals surface area contributed by atoms with Gasteiger partial charge in [0.05, 0.1) is 17.1 Å². The summed E-state index contributed by atoms with van der Waals surface area (Å²) < 4.78 is 1.49. The van der Waals surface area contributed by atoms with Gasteiger partial charge in [0.1, 0.15) is 5.71 Å². The Labute approximate surface area is 204 Å². The van der Waals surface area contributed by atoms with Gasteiger partial charge >= 0.3 is 0 Å². The van der Waals surface area contributed by atoms with Crippen LogP contribution in [0, 0.1) is 12.8 Å². The van der Waals surface area contributed by atoms with Crippen LogP contribution < -0.4 is 10.5 Å². The van der Waals surface area contributed by atoms with Crippen molar-refractivity contribution in [3.05, 3.63) is 51.2 Å². The van der Waals surface area contributed by atoms with E-state index in [2.05, 4.69) is 85.4 Å². The normalized spacial score (nSPS) is 14.6. The molecule has 0 saturated heterocycles. The third kappa shape index (κ3) is 5.01. The molecule has 0 amide bonds. The van der Waals surface area contributed by atoms with E-state index in [0.717, 1.165) is 60.6 Å². The van der Waals surface area contributed by atoms with Crippen LogP contribution in [0.2, 0.25) is 0 Å². The summed E-state index contributed by atoms with van der Waals surface area (Å²) in [6.07, 6.45) is 2.71. The summed E-state index contributed by atoms with van der Waals surface area (Å²) in [6, 6.07) is 6.37. The van der Waals surface area contributed by atoms with Gasteiger partial charge in [-0.15, -0.1) is 0 Å². The van der Waals surface area contributed by atoms with E-state index in [1.54, 1.807) is 0 Å². The van der Waals surface area contributed by atoms with Crippen LogP contribution in [0.5, 0.6) is 0 Å². The number of fused-ring (bicyclic) bond motifs is 1. The van der Waals surface area contributed by atoms with Crippen molar-refractivity contribution in [3.63, 3.8) is 0 Å². The number of benzene rings is 1. The molecule has 0 atom stereocenters. The van der Waals surface area contributed by atoms with Gasteiger partial charge in [-0.05, 0) is 63.3 Å². The zero-order valence-corrected chi connectivity index (χ0v) is 22.5. The Kier molecular flexibility index (Phi) is 7.79. The van der Waals surface area contributed by atoms with E-state index in [1.165, 1.54) is 10.4 Å². The van der Waals surface area contributed by atoms with E-state index < -0.39 is 0 Å². The van der Waals surface area contributed by atoms with Crippen molar-refractivity contribution in [1.82, 2.24) is 9.66 Å². The first-order chi connectivity index (χ1) is 16.0. The molecule has 2 aromatic rings. The van der Waals surface area contributed by atoms with Gasteiger partial charge in [0, 0.05) is 29.8 Å². The van der Waals surface area contributed by atoms with Crippen LogP contribution in [0.3, 0.4) is 0 Å². The lowest BCUT2D eigenvalue weighted by atomic mass is 9.87. The zero-order valence-electron chi connectivity index (χ0n) is 22.5. The Morgan fingerprint density at radius 3 is 2.32 bits per heavy atom. The second-order valence-electron chi connectivity index (χ2n) is 10.5. The predicted octanol–water partition coefficient (Wildman–Crippen LogP) is 6.03. The Hall–Kier alpha value is -2.76. The molecule has 0 spiro atoms. The Morgan fingerprint density at radius 1 is 1.12 bits per heavy atom. The molecule has 0 bridgehead atoms. The van der Waals surface area contributed by atoms with Gasteiger partial charge in [-0.1, -0.05) is 48.0 Å². The Balaban J connectivity index is 2.21. The van der Waals surface area contributed by atoms with Crippen LogP contribution in [0.25, 0.3) is 0 Å². The summed E-state index contributed by atoms with van der Waals surface area (Å²) in [5, 5.41) is 4.74. The fourth-order valence-corrected chi connectivity index (χ4v) is 4.43. The van der Waals surface area contributed by atoms with Crippen LogP contribution in [0.4, 0.5) is 11.4 Å². The summed E-state index contributed by atoms with van der Waals surface area (Å²) in [4.78, 5) is 26.0. The van der Waals surface area contributed by atoms with Gasteiger partial charge in [-0.2, -0.15) is 9.78 Å². The van der Waals surface area contributed by atoms with Crippen LogP contribution in [-0.4, -0.2) is 34.2 Å². The average Bonchev–Trinajstić information content (AvgIpc) is 3.14. The first-order valence-corrected chi connectivity index (χ1v) is 12.7. The van der Waals surface area contributed by atoms with Crippen LogP contribution in [0.1, 0.15) is 90.9 Å². The lowest BCUT2D eigenvalue weighted by Crippen LogP contribution is -2.31. The average molecular weight is 464 g/mol. The lowest BCUT2D eigenvalue weighted by Gasteiger charge is -2.22. The van der Waals surface area contributed by atoms with E-state index in [4.69, 9.17) is 15.1 Å². The number of aliphatic imine (C=N–C) groups is 1. The molecule has 6 nitrogen and oxygen atoms in total. The highest BCUT2D eigenvalue weighted by molar-refractivity contribution is 6.49. The van der Waals surface area contributed by atoms with Gasteiger partial charge in [0.2, 0.25) is 0 Å². The monoisotopic (exact) mass is 463 g/mol. The van der Waals surface area contributed by atoms with Gasteiger partial charge in [-0.3, -0.25) is 4.79 Å². The van der Waals surface area contributed by atoms with Gasteiger partial charge in [-0.25, -0.2) is 9.98 Å². The minimum absolute atomic E-state index is 0.0553. The number of hydrogen-bond donors (Lipinski definition) is 0. The van der Waals surface area contributed by atoms with Crippen LogP contribution in [-0.2, 0) is 11.8 Å². The van der Waals surface area contributed by atoms with Crippen molar-refractivity contribution < 1.29 is 0 Å². The molecule has 1 aliphatic heterocycles. The molecular formula is C28H41N5O. The highest BCUT2D eigenvalue weighted by Gasteiger charge is 2.33. The number of nitrogens with zero attached hydrogens (tertiary/aromatic N) is 5. The smallest absolute Gasteiger partial charge is 0.278 e. The number of anilines is 1. The summed E-state index contributed by atoms with van der Waals surface area (Å²) in [6.45, 7) is 21.0. The molecule has 0 saturated carbocycles. The molecule has 0 aliphatic carbocycles. The summed E-state index contributed by atoms with van der Waals surface area (Å²) in [5.41, 5.74) is 6.03. The van der Waals surface area contributed by atoms with E-state index in [9.17, 15) is 4.79 Å². The summed E-state index contributed by atoms with van der Waals surface area (Å²) in [5.74, 6) is 0.679. The molecule has 34 heavy (non-hydrogen) atoms. The minimum Gasteiger partial charge on any atom is -0.372 e. The standard InChI is InChI=1S/C28H41N5O/c1-10-13-14-21-25(28(7,8)9)30-26-24(23(18(4)5)31-33(26)27(21)34)29-22-16-15-20(17-19(22)6)32(11-2)12-3/h15-18H,10-14H2,1-9H3. The summed E-state index contributed by atoms with van der Waals surface area (Å²) >= 11 is 0. The highest BCUT2D eigenvalue weighted by atomic mass is 16.1. The largest absolute Gasteiger partial charge is 0.372 e. The number of aryl methyl sites for hydroxylation is 1. The van der Waals surface area contributed by atoms with Crippen LogP contribution in [0.15, 0.2) is 33.1 Å². The first-order valence-electron chi connectivity index (χ1n) is 12.7. The van der Waals surface area contributed by atoms with Gasteiger partial charge in [0.15, 0.2) is 5.82 Å². The molecule has 0 fully saturated rings. The molecular weight excluding hydrogens is 422 g/mol. The molecule has 1 aromatic carbocycles. The molecule has 0 unspecified atom stereocenters.